The molecule has 1 aromatic heterocycles. The Morgan fingerprint density at radius 2 is 1.87 bits per heavy atom. The van der Waals surface area contributed by atoms with E-state index in [0.717, 1.165) is 42.3 Å². The zero-order valence-corrected chi connectivity index (χ0v) is 19.7. The molecule has 2 aromatic carbocycles. The van der Waals surface area contributed by atoms with Gasteiger partial charge in [-0.25, -0.2) is 4.98 Å². The Morgan fingerprint density at radius 3 is 2.52 bits per heavy atom. The van der Waals surface area contributed by atoms with Crippen LogP contribution in [-0.4, -0.2) is 37.2 Å². The third kappa shape index (κ3) is 4.72. The topological polar surface area (TPSA) is 58.4 Å². The molecular formula is C23H23Cl2N3O2S. The minimum Gasteiger partial charge on any atom is -0.456 e. The van der Waals surface area contributed by atoms with Gasteiger partial charge in [0, 0.05) is 24.2 Å². The van der Waals surface area contributed by atoms with E-state index in [1.54, 1.807) is 29.5 Å². The lowest BCUT2D eigenvalue weighted by molar-refractivity contribution is -0.0106. The summed E-state index contributed by atoms with van der Waals surface area (Å²) in [4.78, 5) is 7.24. The summed E-state index contributed by atoms with van der Waals surface area (Å²) in [5.41, 5.74) is 2.25. The van der Waals surface area contributed by atoms with Crippen LogP contribution in [0.25, 0.3) is 11.3 Å². The van der Waals surface area contributed by atoms with Gasteiger partial charge < -0.3 is 9.47 Å². The van der Waals surface area contributed by atoms with Crippen LogP contribution in [0.15, 0.2) is 47.8 Å². The maximum Gasteiger partial charge on any atom is 0.146 e. The molecule has 31 heavy (non-hydrogen) atoms. The fourth-order valence-corrected chi connectivity index (χ4v) is 5.08. The summed E-state index contributed by atoms with van der Waals surface area (Å²) in [6, 6.07) is 15.0. The van der Waals surface area contributed by atoms with Gasteiger partial charge in [0.15, 0.2) is 0 Å². The minimum atomic E-state index is -0.0650. The average molecular weight is 476 g/mol. The van der Waals surface area contributed by atoms with Gasteiger partial charge in [-0.3, -0.25) is 4.90 Å². The molecule has 0 unspecified atom stereocenters. The highest BCUT2D eigenvalue weighted by atomic mass is 35.5. The Balaban J connectivity index is 0.00000272. The molecule has 0 atom stereocenters. The second-order valence-corrected chi connectivity index (χ2v) is 8.69. The Bertz CT molecular complexity index is 1070. The van der Waals surface area contributed by atoms with Crippen LogP contribution in [0.2, 0.25) is 5.02 Å². The lowest BCUT2D eigenvalue weighted by Crippen LogP contribution is -2.45. The van der Waals surface area contributed by atoms with E-state index in [0.29, 0.717) is 22.1 Å². The number of aromatic nitrogens is 1. The normalized spacial score (nSPS) is 15.2. The monoisotopic (exact) mass is 475 g/mol. The molecule has 0 amide bonds. The second-order valence-electron chi connectivity index (χ2n) is 7.43. The molecule has 3 aromatic rings. The molecule has 0 aliphatic carbocycles. The summed E-state index contributed by atoms with van der Waals surface area (Å²) in [6.45, 7) is 1.51. The van der Waals surface area contributed by atoms with Crippen LogP contribution >= 0.6 is 35.3 Å². The molecule has 2 heterocycles. The van der Waals surface area contributed by atoms with Crippen molar-refractivity contribution in [3.05, 3.63) is 63.4 Å². The predicted octanol–water partition coefficient (Wildman–Crippen LogP) is 6.12. The minimum absolute atomic E-state index is 0. The summed E-state index contributed by atoms with van der Waals surface area (Å²) in [6.07, 6.45) is 1.89. The third-order valence-electron chi connectivity index (χ3n) is 5.54. The fraction of sp³-hybridized carbons (Fsp3) is 0.304. The molecule has 8 heteroatoms. The van der Waals surface area contributed by atoms with Gasteiger partial charge in [-0.15, -0.1) is 23.7 Å². The first-order chi connectivity index (χ1) is 14.5. The molecule has 0 bridgehead atoms. The van der Waals surface area contributed by atoms with Crippen molar-refractivity contribution < 1.29 is 9.47 Å². The quantitative estimate of drug-likeness (QED) is 0.444. The molecule has 1 fully saturated rings. The Kier molecular flexibility index (Phi) is 7.58. The predicted molar refractivity (Wildman–Crippen MR) is 126 cm³/mol. The first-order valence-corrected chi connectivity index (χ1v) is 11.0. The summed E-state index contributed by atoms with van der Waals surface area (Å²) in [5, 5.41) is 12.9. The molecule has 1 saturated heterocycles. The first kappa shape index (κ1) is 23.5. The number of hydrogen-bond acceptors (Lipinski definition) is 6. The smallest absolute Gasteiger partial charge is 0.146 e. The van der Waals surface area contributed by atoms with E-state index in [-0.39, 0.29) is 17.9 Å². The summed E-state index contributed by atoms with van der Waals surface area (Å²) in [7, 11) is 4.23. The fourth-order valence-electron chi connectivity index (χ4n) is 3.70. The highest BCUT2D eigenvalue weighted by molar-refractivity contribution is 7.10. The van der Waals surface area contributed by atoms with Gasteiger partial charge in [-0.1, -0.05) is 17.7 Å². The molecule has 1 aliphatic rings. The van der Waals surface area contributed by atoms with Crippen molar-refractivity contribution in [3.63, 3.8) is 0 Å². The number of halogens is 2. The summed E-state index contributed by atoms with van der Waals surface area (Å²) in [5.74, 6) is 1.09. The highest BCUT2D eigenvalue weighted by Gasteiger charge is 2.39. The van der Waals surface area contributed by atoms with Crippen LogP contribution in [-0.2, 0) is 10.3 Å². The molecule has 0 saturated carbocycles. The molecule has 162 valence electrons. The summed E-state index contributed by atoms with van der Waals surface area (Å²) < 4.78 is 11.5. The van der Waals surface area contributed by atoms with Crippen molar-refractivity contribution in [1.29, 1.82) is 5.26 Å². The molecular weight excluding hydrogens is 453 g/mol. The van der Waals surface area contributed by atoms with E-state index >= 15 is 0 Å². The van der Waals surface area contributed by atoms with Gasteiger partial charge in [-0.2, -0.15) is 5.26 Å². The van der Waals surface area contributed by atoms with Crippen molar-refractivity contribution in [3.8, 4) is 28.8 Å². The molecule has 0 N–H and O–H groups in total. The molecule has 5 nitrogen and oxygen atoms in total. The van der Waals surface area contributed by atoms with Crippen molar-refractivity contribution in [2.75, 3.05) is 27.3 Å². The van der Waals surface area contributed by atoms with Crippen LogP contribution < -0.4 is 4.74 Å². The number of benzene rings is 2. The number of thiazole rings is 1. The second kappa shape index (κ2) is 9.99. The largest absolute Gasteiger partial charge is 0.456 e. The lowest BCUT2D eigenvalue weighted by Gasteiger charge is -2.41. The van der Waals surface area contributed by atoms with Crippen LogP contribution in [0, 0.1) is 11.3 Å². The van der Waals surface area contributed by atoms with Crippen molar-refractivity contribution >= 4 is 35.3 Å². The standard InChI is InChI=1S/C23H22ClN3O2S.ClH/c1-27(2)23(10-12-28-13-11-23)22-26-20(15-30-22)16-6-8-17(9-7-16)29-21-5-3-4-19(24)18(21)14-25;/h3-9,15H,10-13H2,1-2H3;1H. The Morgan fingerprint density at radius 1 is 1.16 bits per heavy atom. The van der Waals surface area contributed by atoms with Crippen LogP contribution in [0.3, 0.4) is 0 Å². The van der Waals surface area contributed by atoms with E-state index in [4.69, 9.17) is 26.1 Å². The number of nitrogens with zero attached hydrogens (tertiary/aromatic N) is 3. The Labute approximate surface area is 197 Å². The van der Waals surface area contributed by atoms with Gasteiger partial charge in [0.2, 0.25) is 0 Å². The van der Waals surface area contributed by atoms with Crippen LogP contribution in [0.5, 0.6) is 11.5 Å². The van der Waals surface area contributed by atoms with Gasteiger partial charge >= 0.3 is 0 Å². The van der Waals surface area contributed by atoms with E-state index in [2.05, 4.69) is 30.4 Å². The van der Waals surface area contributed by atoms with Gasteiger partial charge in [0.25, 0.3) is 0 Å². The van der Waals surface area contributed by atoms with Gasteiger partial charge in [0.1, 0.15) is 28.1 Å². The first-order valence-electron chi connectivity index (χ1n) is 9.71. The van der Waals surface area contributed by atoms with E-state index < -0.39 is 0 Å². The highest BCUT2D eigenvalue weighted by Crippen LogP contribution is 2.40. The van der Waals surface area contributed by atoms with E-state index in [9.17, 15) is 5.26 Å². The number of rotatable bonds is 5. The molecule has 4 rings (SSSR count). The summed E-state index contributed by atoms with van der Waals surface area (Å²) >= 11 is 7.78. The van der Waals surface area contributed by atoms with E-state index in [1.807, 2.05) is 24.3 Å². The molecule has 1 aliphatic heterocycles. The SMILES string of the molecule is CN(C)C1(c2nc(-c3ccc(Oc4cccc(Cl)c4C#N)cc3)cs2)CCOCC1.Cl. The third-order valence-corrected chi connectivity index (χ3v) is 6.89. The average Bonchev–Trinajstić information content (AvgIpc) is 3.26. The maximum absolute atomic E-state index is 9.31. The Hall–Kier alpha value is -2.14. The molecule has 0 spiro atoms. The zero-order valence-electron chi connectivity index (χ0n) is 17.3. The number of hydrogen-bond donors (Lipinski definition) is 0. The van der Waals surface area contributed by atoms with Crippen molar-refractivity contribution in [2.24, 2.45) is 0 Å². The van der Waals surface area contributed by atoms with Gasteiger partial charge in [0.05, 0.1) is 16.3 Å². The van der Waals surface area contributed by atoms with E-state index in [1.165, 1.54) is 0 Å². The van der Waals surface area contributed by atoms with Crippen LogP contribution in [0.1, 0.15) is 23.4 Å². The van der Waals surface area contributed by atoms with Crippen molar-refractivity contribution in [2.45, 2.75) is 18.4 Å². The number of ether oxygens (including phenoxy) is 2. The lowest BCUT2D eigenvalue weighted by atomic mass is 9.89. The maximum atomic E-state index is 9.31. The van der Waals surface area contributed by atoms with Crippen molar-refractivity contribution in [1.82, 2.24) is 9.88 Å². The molecule has 0 radical (unpaired) electrons. The van der Waals surface area contributed by atoms with Gasteiger partial charge in [-0.05, 0) is 63.3 Å². The van der Waals surface area contributed by atoms with Crippen LogP contribution in [0.4, 0.5) is 0 Å². The zero-order chi connectivity index (χ0) is 21.1. The number of nitriles is 1.